The Bertz CT molecular complexity index is 2560. The van der Waals surface area contributed by atoms with E-state index in [-0.39, 0.29) is 23.0 Å². The first-order valence-corrected chi connectivity index (χ1v) is 18.7. The van der Waals surface area contributed by atoms with Crippen LogP contribution in [0.4, 0.5) is 17.1 Å². The lowest BCUT2D eigenvalue weighted by Gasteiger charge is -2.35. The zero-order valence-corrected chi connectivity index (χ0v) is 32.1. The summed E-state index contributed by atoms with van der Waals surface area (Å²) in [6.07, 6.45) is 0. The molecule has 7 aromatic rings. The molecule has 0 saturated heterocycles. The largest absolute Gasteiger partial charge is 0.458 e. The molecule has 0 atom stereocenters. The van der Waals surface area contributed by atoms with Crippen LogP contribution in [-0.2, 0) is 16.2 Å². The van der Waals surface area contributed by atoms with Gasteiger partial charge in [-0.25, -0.2) is 0 Å². The topological polar surface area (TPSA) is 34.8 Å². The molecule has 1 aromatic heterocycles. The summed E-state index contributed by atoms with van der Waals surface area (Å²) in [5, 5.41) is 1.99. The second-order valence-electron chi connectivity index (χ2n) is 17.8. The number of fused-ring (bicyclic) bond motifs is 8. The minimum absolute atomic E-state index is 0.0151. The average Bonchev–Trinajstić information content (AvgIpc) is 3.51. The minimum Gasteiger partial charge on any atom is -0.458 e. The highest BCUT2D eigenvalue weighted by molar-refractivity contribution is 6.98. The van der Waals surface area contributed by atoms with Crippen molar-refractivity contribution in [2.24, 2.45) is 0 Å². The van der Waals surface area contributed by atoms with Gasteiger partial charge in [0.25, 0.3) is 6.71 Å². The van der Waals surface area contributed by atoms with E-state index in [1.807, 2.05) is 12.1 Å². The third-order valence-electron chi connectivity index (χ3n) is 11.0. The van der Waals surface area contributed by atoms with Gasteiger partial charge in [-0.2, -0.15) is 0 Å². The number of rotatable bonds is 3. The molecule has 0 spiro atoms. The second kappa shape index (κ2) is 11.5. The number of hydrogen-bond acceptors (Lipinski definition) is 4. The maximum absolute atomic E-state index is 8.70. The predicted octanol–water partition coefficient (Wildman–Crippen LogP) is 11.7. The monoisotopic (exact) mass is 696 g/mol. The Hall–Kier alpha value is -5.42. The van der Waals surface area contributed by atoms with Crippen LogP contribution in [0, 0.1) is 0 Å². The predicted molar refractivity (Wildman–Crippen MR) is 222 cm³/mol. The summed E-state index contributed by atoms with van der Waals surface area (Å²) >= 11 is 0. The first kappa shape index (κ1) is 32.3. The number of para-hydroxylation sites is 1. The van der Waals surface area contributed by atoms with E-state index in [9.17, 15) is 0 Å². The molecule has 3 heterocycles. The normalized spacial score (nSPS) is 13.9. The van der Waals surface area contributed by atoms with E-state index in [1.165, 1.54) is 16.7 Å². The Morgan fingerprint density at radius 3 is 1.74 bits per heavy atom. The summed E-state index contributed by atoms with van der Waals surface area (Å²) in [5.41, 5.74) is 11.4. The van der Waals surface area contributed by atoms with Gasteiger partial charge in [0.2, 0.25) is 0 Å². The molecule has 2 aliphatic heterocycles. The van der Waals surface area contributed by atoms with Crippen molar-refractivity contribution in [3.05, 3.63) is 132 Å². The van der Waals surface area contributed by atoms with Gasteiger partial charge in [0, 0.05) is 22.2 Å². The van der Waals surface area contributed by atoms with E-state index in [4.69, 9.17) is 15.3 Å². The smallest absolute Gasteiger partial charge is 0.260 e. The molecule has 0 fully saturated rings. The number of ether oxygens (including phenoxy) is 2. The lowest BCUT2D eigenvalue weighted by atomic mass is 9.34. The molecule has 6 aromatic carbocycles. The summed E-state index contributed by atoms with van der Waals surface area (Å²) in [6.45, 7) is 20.0. The number of nitrogens with zero attached hydrogens (tertiary/aromatic N) is 1. The van der Waals surface area contributed by atoms with Crippen LogP contribution in [0.5, 0.6) is 23.0 Å². The van der Waals surface area contributed by atoms with Crippen LogP contribution < -0.4 is 30.8 Å². The zero-order chi connectivity index (χ0) is 37.9. The van der Waals surface area contributed by atoms with Gasteiger partial charge in [0.1, 0.15) is 22.8 Å². The molecule has 0 unspecified atom stereocenters. The molecule has 0 bridgehead atoms. The van der Waals surface area contributed by atoms with Crippen molar-refractivity contribution in [2.45, 2.75) is 78.6 Å². The fraction of sp³-hybridized carbons (Fsp3) is 0.250. The highest BCUT2D eigenvalue weighted by Gasteiger charge is 2.43. The second-order valence-corrected chi connectivity index (χ2v) is 17.8. The Balaban J connectivity index is 1.38. The molecule has 0 aliphatic carbocycles. The van der Waals surface area contributed by atoms with Gasteiger partial charge in [-0.1, -0.05) is 123 Å². The molecule has 53 heavy (non-hydrogen) atoms. The fourth-order valence-electron chi connectivity index (χ4n) is 7.98. The molecule has 2 aliphatic rings. The number of furan rings is 1. The lowest BCUT2D eigenvalue weighted by Crippen LogP contribution is -2.57. The highest BCUT2D eigenvalue weighted by Crippen LogP contribution is 2.48. The Labute approximate surface area is 314 Å². The van der Waals surface area contributed by atoms with Crippen molar-refractivity contribution in [3.63, 3.8) is 0 Å². The molecule has 0 radical (unpaired) electrons. The molecule has 0 saturated carbocycles. The van der Waals surface area contributed by atoms with Crippen molar-refractivity contribution >= 4 is 62.1 Å². The van der Waals surface area contributed by atoms with Crippen LogP contribution in [0.3, 0.4) is 0 Å². The summed E-state index contributed by atoms with van der Waals surface area (Å²) in [7, 11) is 0. The quantitative estimate of drug-likeness (QED) is 0.172. The summed E-state index contributed by atoms with van der Waals surface area (Å²) in [5.74, 6) is 2.76. The van der Waals surface area contributed by atoms with E-state index in [0.717, 1.165) is 55.6 Å². The standard InChI is InChI=1S/C48H46BNO3/c1-46(2,3)29-17-22-32(23-18-29)50(33-24-19-30(20-25-33)47(4,5)6)37-28-36-44(45-42(37)34-13-10-11-14-38(34)52-45)53-41-16-12-15-40-43(41)49(36)35-27-31(48(7,8)9)21-26-39(35)51-40/h10-28H,1-9H3/i12D. The van der Waals surface area contributed by atoms with Crippen LogP contribution >= 0.6 is 0 Å². The van der Waals surface area contributed by atoms with Gasteiger partial charge in [-0.15, -0.1) is 0 Å². The number of hydrogen-bond donors (Lipinski definition) is 0. The van der Waals surface area contributed by atoms with Crippen molar-refractivity contribution in [1.29, 1.82) is 0 Å². The Morgan fingerprint density at radius 1 is 0.566 bits per heavy atom. The van der Waals surface area contributed by atoms with E-state index < -0.39 is 0 Å². The number of benzene rings is 6. The maximum Gasteiger partial charge on any atom is 0.260 e. The highest BCUT2D eigenvalue weighted by atomic mass is 16.5. The molecule has 4 nitrogen and oxygen atoms in total. The van der Waals surface area contributed by atoms with E-state index >= 15 is 0 Å². The summed E-state index contributed by atoms with van der Waals surface area (Å²) < 4.78 is 29.0. The molecule has 0 amide bonds. The van der Waals surface area contributed by atoms with Crippen LogP contribution in [-0.4, -0.2) is 6.71 Å². The third kappa shape index (κ3) is 5.43. The lowest BCUT2D eigenvalue weighted by molar-refractivity contribution is 0.461. The molecule has 5 heteroatoms. The van der Waals surface area contributed by atoms with E-state index in [1.54, 1.807) is 12.1 Å². The van der Waals surface area contributed by atoms with Crippen molar-refractivity contribution < 1.29 is 15.3 Å². The molecule has 264 valence electrons. The summed E-state index contributed by atoms with van der Waals surface area (Å²) in [6, 6.07) is 39.0. The fourth-order valence-corrected chi connectivity index (χ4v) is 7.98. The minimum atomic E-state index is -0.213. The Morgan fingerprint density at radius 2 is 1.13 bits per heavy atom. The van der Waals surface area contributed by atoms with Crippen LogP contribution in [0.1, 0.15) is 80.4 Å². The molecule has 0 N–H and O–H groups in total. The van der Waals surface area contributed by atoms with Crippen molar-refractivity contribution in [3.8, 4) is 23.0 Å². The van der Waals surface area contributed by atoms with E-state index in [2.05, 4.69) is 152 Å². The van der Waals surface area contributed by atoms with Crippen LogP contribution in [0.15, 0.2) is 120 Å². The Kier molecular flexibility index (Phi) is 7.02. The van der Waals surface area contributed by atoms with Gasteiger partial charge in [-0.05, 0) is 98.5 Å². The van der Waals surface area contributed by atoms with Crippen LogP contribution in [0.25, 0.3) is 21.9 Å². The zero-order valence-electron chi connectivity index (χ0n) is 33.1. The number of anilines is 3. The van der Waals surface area contributed by atoms with E-state index in [0.29, 0.717) is 28.9 Å². The van der Waals surface area contributed by atoms with Gasteiger partial charge < -0.3 is 18.8 Å². The third-order valence-corrected chi connectivity index (χ3v) is 11.0. The van der Waals surface area contributed by atoms with Gasteiger partial charge in [0.15, 0.2) is 11.3 Å². The SMILES string of the molecule is [2H]c1cc2c3c(c1)Oc1c(cc(N(c4ccc(C(C)(C)C)cc4)c4ccc(C(C)(C)C)cc4)c4c1oc1ccccc14)B3c1cc(C(C)(C)C)ccc1O2. The maximum atomic E-state index is 8.70. The van der Waals surface area contributed by atoms with Gasteiger partial charge in [0.05, 0.1) is 12.4 Å². The van der Waals surface area contributed by atoms with Gasteiger partial charge in [-0.3, -0.25) is 0 Å². The summed E-state index contributed by atoms with van der Waals surface area (Å²) in [4.78, 5) is 2.37. The molecule has 9 rings (SSSR count). The van der Waals surface area contributed by atoms with Crippen LogP contribution in [0.2, 0.25) is 0 Å². The van der Waals surface area contributed by atoms with Gasteiger partial charge >= 0.3 is 0 Å². The van der Waals surface area contributed by atoms with Crippen molar-refractivity contribution in [1.82, 2.24) is 0 Å². The molecular formula is C48H46BNO3. The first-order valence-electron chi connectivity index (χ1n) is 19.2. The molecular weight excluding hydrogens is 649 g/mol. The average molecular weight is 697 g/mol. The first-order chi connectivity index (χ1) is 25.6. The van der Waals surface area contributed by atoms with Crippen molar-refractivity contribution in [2.75, 3.05) is 4.90 Å².